The van der Waals surface area contributed by atoms with Crippen LogP contribution in [0.1, 0.15) is 22.4 Å². The number of rotatable bonds is 4. The molecule has 1 aromatic heterocycles. The summed E-state index contributed by atoms with van der Waals surface area (Å²) in [5.74, 6) is 0. The lowest BCUT2D eigenvalue weighted by molar-refractivity contribution is 0.652. The van der Waals surface area contributed by atoms with Crippen LogP contribution >= 0.6 is 0 Å². The van der Waals surface area contributed by atoms with E-state index < -0.39 is 0 Å². The van der Waals surface area contributed by atoms with Gasteiger partial charge in [-0.3, -0.25) is 0 Å². The van der Waals surface area contributed by atoms with Crippen LogP contribution in [0.25, 0.3) is 11.3 Å². The summed E-state index contributed by atoms with van der Waals surface area (Å²) in [6.45, 7) is 5.28. The van der Waals surface area contributed by atoms with E-state index in [9.17, 15) is 0 Å². The molecule has 112 valence electrons. The monoisotopic (exact) mass is 292 g/mol. The molecule has 3 aromatic rings. The predicted molar refractivity (Wildman–Crippen MR) is 88.4 cm³/mol. The van der Waals surface area contributed by atoms with Crippen LogP contribution in [-0.2, 0) is 13.1 Å². The second kappa shape index (κ2) is 6.12. The van der Waals surface area contributed by atoms with Crippen molar-refractivity contribution >= 4 is 0 Å². The van der Waals surface area contributed by atoms with Gasteiger partial charge in [0.05, 0.1) is 12.2 Å². The zero-order chi connectivity index (χ0) is 15.5. The molecule has 4 nitrogen and oxygen atoms in total. The Morgan fingerprint density at radius 3 is 2.59 bits per heavy atom. The molecule has 1 heterocycles. The Morgan fingerprint density at radius 2 is 1.86 bits per heavy atom. The van der Waals surface area contributed by atoms with Crippen molar-refractivity contribution in [3.05, 3.63) is 70.9 Å². The van der Waals surface area contributed by atoms with Gasteiger partial charge in [0.25, 0.3) is 0 Å². The standard InChI is InChI=1S/C18H20N4/c1-13-6-5-9-15(10-13)18-17(11-19)20-21-22(18)12-16-8-4-3-7-14(16)2/h3-10H,11-12,19H2,1-2H3. The molecule has 0 radical (unpaired) electrons. The normalized spacial score (nSPS) is 10.9. The molecule has 0 saturated heterocycles. The minimum atomic E-state index is 0.386. The fourth-order valence-electron chi connectivity index (χ4n) is 2.65. The number of aromatic nitrogens is 3. The third kappa shape index (κ3) is 2.78. The van der Waals surface area contributed by atoms with Crippen LogP contribution in [0.4, 0.5) is 0 Å². The molecule has 22 heavy (non-hydrogen) atoms. The summed E-state index contributed by atoms with van der Waals surface area (Å²) in [5, 5.41) is 8.57. The van der Waals surface area contributed by atoms with Crippen molar-refractivity contribution in [2.45, 2.75) is 26.9 Å². The lowest BCUT2D eigenvalue weighted by Gasteiger charge is -2.10. The maximum Gasteiger partial charge on any atom is 0.104 e. The third-order valence-corrected chi connectivity index (χ3v) is 3.87. The highest BCUT2D eigenvalue weighted by Crippen LogP contribution is 2.24. The van der Waals surface area contributed by atoms with Gasteiger partial charge in [0.1, 0.15) is 5.69 Å². The van der Waals surface area contributed by atoms with E-state index >= 15 is 0 Å². The first-order valence-electron chi connectivity index (χ1n) is 7.43. The zero-order valence-corrected chi connectivity index (χ0v) is 13.0. The predicted octanol–water partition coefficient (Wildman–Crippen LogP) is 3.07. The van der Waals surface area contributed by atoms with Crippen LogP contribution in [0.3, 0.4) is 0 Å². The first-order chi connectivity index (χ1) is 10.7. The summed E-state index contributed by atoms with van der Waals surface area (Å²) >= 11 is 0. The summed E-state index contributed by atoms with van der Waals surface area (Å²) < 4.78 is 1.94. The highest BCUT2D eigenvalue weighted by atomic mass is 15.4. The average molecular weight is 292 g/mol. The summed E-state index contributed by atoms with van der Waals surface area (Å²) in [6, 6.07) is 16.7. The number of nitrogens with zero attached hydrogens (tertiary/aromatic N) is 3. The Morgan fingerprint density at radius 1 is 1.05 bits per heavy atom. The Balaban J connectivity index is 2.06. The molecule has 0 fully saturated rings. The van der Waals surface area contributed by atoms with Crippen molar-refractivity contribution in [3.8, 4) is 11.3 Å². The molecule has 0 aliphatic carbocycles. The largest absolute Gasteiger partial charge is 0.325 e. The van der Waals surface area contributed by atoms with E-state index in [0.29, 0.717) is 13.1 Å². The molecule has 0 unspecified atom stereocenters. The average Bonchev–Trinajstić information content (AvgIpc) is 2.92. The van der Waals surface area contributed by atoms with E-state index in [0.717, 1.165) is 17.0 Å². The highest BCUT2D eigenvalue weighted by molar-refractivity contribution is 5.63. The molecule has 0 aliphatic heterocycles. The lowest BCUT2D eigenvalue weighted by Crippen LogP contribution is -2.07. The smallest absolute Gasteiger partial charge is 0.104 e. The molecule has 4 heteroatoms. The van der Waals surface area contributed by atoms with Crippen molar-refractivity contribution in [2.24, 2.45) is 5.73 Å². The van der Waals surface area contributed by atoms with E-state index in [-0.39, 0.29) is 0 Å². The lowest BCUT2D eigenvalue weighted by atomic mass is 10.1. The van der Waals surface area contributed by atoms with E-state index in [2.05, 4.69) is 66.6 Å². The summed E-state index contributed by atoms with van der Waals surface area (Å²) in [7, 11) is 0. The van der Waals surface area contributed by atoms with Crippen molar-refractivity contribution < 1.29 is 0 Å². The second-order valence-corrected chi connectivity index (χ2v) is 5.54. The topological polar surface area (TPSA) is 56.7 Å². The van der Waals surface area contributed by atoms with Gasteiger partial charge in [0.2, 0.25) is 0 Å². The quantitative estimate of drug-likeness (QED) is 0.804. The maximum absolute atomic E-state index is 5.85. The molecule has 0 amide bonds. The van der Waals surface area contributed by atoms with Crippen LogP contribution < -0.4 is 5.73 Å². The molecule has 0 atom stereocenters. The molecule has 0 bridgehead atoms. The Kier molecular flexibility index (Phi) is 4.02. The van der Waals surface area contributed by atoms with E-state index in [1.807, 2.05) is 10.7 Å². The van der Waals surface area contributed by atoms with Gasteiger partial charge < -0.3 is 5.73 Å². The number of hydrogen-bond donors (Lipinski definition) is 1. The van der Waals surface area contributed by atoms with E-state index in [1.165, 1.54) is 16.7 Å². The molecule has 0 spiro atoms. The van der Waals surface area contributed by atoms with Crippen molar-refractivity contribution in [1.82, 2.24) is 15.0 Å². The molecular weight excluding hydrogens is 272 g/mol. The molecule has 2 N–H and O–H groups in total. The van der Waals surface area contributed by atoms with Gasteiger partial charge in [0, 0.05) is 12.1 Å². The zero-order valence-electron chi connectivity index (χ0n) is 13.0. The van der Waals surface area contributed by atoms with Crippen LogP contribution in [0.15, 0.2) is 48.5 Å². The fraction of sp³-hybridized carbons (Fsp3) is 0.222. The summed E-state index contributed by atoms with van der Waals surface area (Å²) in [6.07, 6.45) is 0. The molecular formula is C18H20N4. The first-order valence-corrected chi connectivity index (χ1v) is 7.43. The van der Waals surface area contributed by atoms with E-state index in [4.69, 9.17) is 5.73 Å². The van der Waals surface area contributed by atoms with Crippen molar-refractivity contribution in [1.29, 1.82) is 0 Å². The first kappa shape index (κ1) is 14.5. The van der Waals surface area contributed by atoms with Crippen LogP contribution in [0.5, 0.6) is 0 Å². The Labute approximate surface area is 130 Å². The van der Waals surface area contributed by atoms with Gasteiger partial charge >= 0.3 is 0 Å². The van der Waals surface area contributed by atoms with Crippen molar-refractivity contribution in [3.63, 3.8) is 0 Å². The Hall–Kier alpha value is -2.46. The molecule has 2 aromatic carbocycles. The number of nitrogens with two attached hydrogens (primary N) is 1. The minimum absolute atomic E-state index is 0.386. The van der Waals surface area contributed by atoms with Gasteiger partial charge in [0.15, 0.2) is 0 Å². The SMILES string of the molecule is Cc1cccc(-c2c(CN)nnn2Cc2ccccc2C)c1. The Bertz CT molecular complexity index is 789. The third-order valence-electron chi connectivity index (χ3n) is 3.87. The van der Waals surface area contributed by atoms with Gasteiger partial charge in [-0.1, -0.05) is 53.2 Å². The summed E-state index contributed by atoms with van der Waals surface area (Å²) in [4.78, 5) is 0. The fourth-order valence-corrected chi connectivity index (χ4v) is 2.65. The van der Waals surface area contributed by atoms with Gasteiger partial charge in [-0.15, -0.1) is 5.10 Å². The molecule has 0 aliphatic rings. The minimum Gasteiger partial charge on any atom is -0.325 e. The second-order valence-electron chi connectivity index (χ2n) is 5.54. The molecule has 0 saturated carbocycles. The number of aryl methyl sites for hydroxylation is 2. The summed E-state index contributed by atoms with van der Waals surface area (Å²) in [5.41, 5.74) is 12.5. The van der Waals surface area contributed by atoms with Crippen LogP contribution in [-0.4, -0.2) is 15.0 Å². The van der Waals surface area contributed by atoms with Gasteiger partial charge in [-0.2, -0.15) is 0 Å². The maximum atomic E-state index is 5.85. The van der Waals surface area contributed by atoms with Crippen molar-refractivity contribution in [2.75, 3.05) is 0 Å². The number of hydrogen-bond acceptors (Lipinski definition) is 3. The van der Waals surface area contributed by atoms with Gasteiger partial charge in [-0.25, -0.2) is 4.68 Å². The highest BCUT2D eigenvalue weighted by Gasteiger charge is 2.14. The van der Waals surface area contributed by atoms with Crippen LogP contribution in [0, 0.1) is 13.8 Å². The van der Waals surface area contributed by atoms with E-state index in [1.54, 1.807) is 0 Å². The number of benzene rings is 2. The van der Waals surface area contributed by atoms with Crippen LogP contribution in [0.2, 0.25) is 0 Å². The van der Waals surface area contributed by atoms with Gasteiger partial charge in [-0.05, 0) is 31.0 Å². The molecule has 3 rings (SSSR count).